The van der Waals surface area contributed by atoms with E-state index in [4.69, 9.17) is 12.2 Å². The van der Waals surface area contributed by atoms with Crippen LogP contribution < -0.4 is 0 Å². The number of imidazole rings is 1. The van der Waals surface area contributed by atoms with Gasteiger partial charge in [-0.15, -0.1) is 0 Å². The molecule has 0 N–H and O–H groups in total. The zero-order valence-corrected chi connectivity index (χ0v) is 11.8. The molecule has 0 aliphatic rings. The maximum absolute atomic E-state index is 5.38. The van der Waals surface area contributed by atoms with Crippen LogP contribution in [0, 0.1) is 0 Å². The number of hydrogen-bond donors (Lipinski definition) is 0. The van der Waals surface area contributed by atoms with Crippen LogP contribution in [0.1, 0.15) is 5.56 Å². The predicted octanol–water partition coefficient (Wildman–Crippen LogP) is 4.10. The molecule has 3 rings (SSSR count). The Morgan fingerprint density at radius 1 is 1.16 bits per heavy atom. The summed E-state index contributed by atoms with van der Waals surface area (Å²) in [6, 6.07) is 14.8. The number of hydrogen-bond acceptors (Lipinski definition) is 3. The van der Waals surface area contributed by atoms with Gasteiger partial charge < -0.3 is 0 Å². The molecule has 0 atom stereocenters. The van der Waals surface area contributed by atoms with Crippen molar-refractivity contribution in [3.8, 4) is 0 Å². The van der Waals surface area contributed by atoms with Crippen LogP contribution in [0.15, 0.2) is 61.2 Å². The van der Waals surface area contributed by atoms with E-state index in [-0.39, 0.29) is 0 Å². The Morgan fingerprint density at radius 2 is 2.00 bits per heavy atom. The van der Waals surface area contributed by atoms with Crippen LogP contribution in [-0.4, -0.2) is 13.9 Å². The van der Waals surface area contributed by atoms with Gasteiger partial charge in [0.25, 0.3) is 0 Å². The number of nitrogens with zero attached hydrogens (tertiary/aromatic N) is 2. The summed E-state index contributed by atoms with van der Waals surface area (Å²) in [5, 5.41) is 2.57. The molecule has 4 heteroatoms. The average molecular weight is 284 g/mol. The van der Waals surface area contributed by atoms with E-state index in [1.165, 1.54) is 16.3 Å². The first-order valence-electron chi connectivity index (χ1n) is 5.96. The van der Waals surface area contributed by atoms with Crippen molar-refractivity contribution in [2.45, 2.75) is 5.75 Å². The first-order chi connectivity index (χ1) is 9.34. The van der Waals surface area contributed by atoms with E-state index in [0.29, 0.717) is 0 Å². The van der Waals surface area contributed by atoms with E-state index >= 15 is 0 Å². The Hall–Kier alpha value is -1.65. The molecular weight excluding hydrogens is 272 g/mol. The summed E-state index contributed by atoms with van der Waals surface area (Å²) < 4.78 is 2.69. The molecule has 0 aliphatic heterocycles. The van der Waals surface area contributed by atoms with Gasteiger partial charge in [-0.05, 0) is 16.3 Å². The van der Waals surface area contributed by atoms with Crippen LogP contribution in [0.3, 0.4) is 0 Å². The van der Waals surface area contributed by atoms with Crippen molar-refractivity contribution in [2.24, 2.45) is 0 Å². The normalized spacial score (nSPS) is 10.7. The van der Waals surface area contributed by atoms with Gasteiger partial charge in [-0.1, -0.05) is 66.4 Å². The van der Waals surface area contributed by atoms with E-state index in [1.54, 1.807) is 24.3 Å². The Balaban J connectivity index is 1.81. The second kappa shape index (κ2) is 5.55. The fourth-order valence-corrected chi connectivity index (χ4v) is 3.07. The smallest absolute Gasteiger partial charge is 0.146 e. The van der Waals surface area contributed by atoms with Gasteiger partial charge in [-0.2, -0.15) is 0 Å². The predicted molar refractivity (Wildman–Crippen MR) is 85.5 cm³/mol. The molecule has 0 spiro atoms. The highest BCUT2D eigenvalue weighted by Gasteiger charge is 2.04. The second-order valence-electron chi connectivity index (χ2n) is 4.16. The SMILES string of the molecule is S=C(SCc1cccc2ccccc12)n1ccnc1. The summed E-state index contributed by atoms with van der Waals surface area (Å²) >= 11 is 7.04. The van der Waals surface area contributed by atoms with Gasteiger partial charge in [-0.25, -0.2) is 4.98 Å². The largest absolute Gasteiger partial charge is 0.291 e. The van der Waals surface area contributed by atoms with Crippen molar-refractivity contribution in [2.75, 3.05) is 0 Å². The highest BCUT2D eigenvalue weighted by Crippen LogP contribution is 2.23. The molecule has 1 heterocycles. The van der Waals surface area contributed by atoms with E-state index in [2.05, 4.69) is 47.4 Å². The van der Waals surface area contributed by atoms with Crippen LogP contribution in [-0.2, 0) is 5.75 Å². The third-order valence-corrected chi connectivity index (χ3v) is 4.42. The molecule has 2 aromatic carbocycles. The molecule has 94 valence electrons. The number of thiocarbonyl (C=S) groups is 1. The lowest BCUT2D eigenvalue weighted by atomic mass is 10.1. The van der Waals surface area contributed by atoms with Crippen LogP contribution in [0.2, 0.25) is 0 Å². The van der Waals surface area contributed by atoms with Crippen molar-refractivity contribution in [1.82, 2.24) is 9.55 Å². The topological polar surface area (TPSA) is 17.8 Å². The number of fused-ring (bicyclic) bond motifs is 1. The average Bonchev–Trinajstić information content (AvgIpc) is 2.99. The number of benzene rings is 2. The molecule has 0 aliphatic carbocycles. The van der Waals surface area contributed by atoms with Gasteiger partial charge in [0, 0.05) is 18.1 Å². The first kappa shape index (κ1) is 12.4. The first-order valence-corrected chi connectivity index (χ1v) is 7.36. The third kappa shape index (κ3) is 2.69. The minimum Gasteiger partial charge on any atom is -0.291 e. The van der Waals surface area contributed by atoms with Gasteiger partial charge in [0.2, 0.25) is 0 Å². The highest BCUT2D eigenvalue weighted by molar-refractivity contribution is 8.22. The molecule has 2 nitrogen and oxygen atoms in total. The Kier molecular flexibility index (Phi) is 3.62. The Labute approximate surface area is 121 Å². The van der Waals surface area contributed by atoms with Crippen molar-refractivity contribution >= 4 is 39.1 Å². The molecule has 0 bridgehead atoms. The van der Waals surface area contributed by atoms with Crippen LogP contribution in [0.4, 0.5) is 0 Å². The summed E-state index contributed by atoms with van der Waals surface area (Å²) in [6.45, 7) is 0. The fourth-order valence-electron chi connectivity index (χ4n) is 2.00. The zero-order valence-electron chi connectivity index (χ0n) is 10.2. The van der Waals surface area contributed by atoms with Crippen molar-refractivity contribution in [3.05, 3.63) is 66.7 Å². The molecule has 0 saturated carbocycles. The molecule has 0 unspecified atom stereocenters. The lowest BCUT2D eigenvalue weighted by Crippen LogP contribution is -2.01. The van der Waals surface area contributed by atoms with Gasteiger partial charge in [0.1, 0.15) is 10.6 Å². The van der Waals surface area contributed by atoms with Crippen LogP contribution >= 0.6 is 24.0 Å². The van der Waals surface area contributed by atoms with Gasteiger partial charge in [0.05, 0.1) is 0 Å². The molecule has 0 fully saturated rings. The van der Waals surface area contributed by atoms with Gasteiger partial charge >= 0.3 is 0 Å². The second-order valence-corrected chi connectivity index (χ2v) is 5.77. The Morgan fingerprint density at radius 3 is 2.84 bits per heavy atom. The molecule has 1 aromatic heterocycles. The summed E-state index contributed by atoms with van der Waals surface area (Å²) in [4.78, 5) is 4.01. The van der Waals surface area contributed by atoms with Crippen LogP contribution in [0.25, 0.3) is 10.8 Å². The Bertz CT molecular complexity index is 700. The van der Waals surface area contributed by atoms with E-state index in [1.807, 2.05) is 10.8 Å². The summed E-state index contributed by atoms with van der Waals surface area (Å²) in [7, 11) is 0. The maximum atomic E-state index is 5.38. The number of aromatic nitrogens is 2. The summed E-state index contributed by atoms with van der Waals surface area (Å²) in [5.74, 6) is 0.873. The lowest BCUT2D eigenvalue weighted by molar-refractivity contribution is 1.18. The molecule has 3 aromatic rings. The monoisotopic (exact) mass is 284 g/mol. The number of rotatable bonds is 2. The fraction of sp³-hybridized carbons (Fsp3) is 0.0667. The van der Waals surface area contributed by atoms with E-state index < -0.39 is 0 Å². The van der Waals surface area contributed by atoms with E-state index in [0.717, 1.165) is 10.1 Å². The summed E-state index contributed by atoms with van der Waals surface area (Å²) in [6.07, 6.45) is 5.35. The molecule has 0 saturated heterocycles. The number of thioether (sulfide) groups is 1. The standard InChI is InChI=1S/C15H12N2S2/c18-15(17-9-8-16-11-17)19-10-13-6-3-5-12-4-1-2-7-14(12)13/h1-9,11H,10H2. The van der Waals surface area contributed by atoms with Crippen molar-refractivity contribution < 1.29 is 0 Å². The van der Waals surface area contributed by atoms with Gasteiger partial charge in [0.15, 0.2) is 0 Å². The third-order valence-electron chi connectivity index (χ3n) is 2.95. The highest BCUT2D eigenvalue weighted by atomic mass is 32.2. The maximum Gasteiger partial charge on any atom is 0.146 e. The minimum atomic E-state index is 0.824. The van der Waals surface area contributed by atoms with Crippen LogP contribution in [0.5, 0.6) is 0 Å². The molecule has 19 heavy (non-hydrogen) atoms. The van der Waals surface area contributed by atoms with Crippen molar-refractivity contribution in [1.29, 1.82) is 0 Å². The molecule has 0 radical (unpaired) electrons. The zero-order chi connectivity index (χ0) is 13.1. The van der Waals surface area contributed by atoms with E-state index in [9.17, 15) is 0 Å². The quantitative estimate of drug-likeness (QED) is 0.660. The molecule has 0 amide bonds. The minimum absolute atomic E-state index is 0.824. The lowest BCUT2D eigenvalue weighted by Gasteiger charge is -2.07. The molecular formula is C15H12N2S2. The van der Waals surface area contributed by atoms with Crippen molar-refractivity contribution in [3.63, 3.8) is 0 Å². The summed E-state index contributed by atoms with van der Waals surface area (Å²) in [5.41, 5.74) is 1.31. The van der Waals surface area contributed by atoms with Gasteiger partial charge in [-0.3, -0.25) is 4.57 Å².